The number of hydrogen-bond donors (Lipinski definition) is 1. The van der Waals surface area contributed by atoms with Crippen molar-refractivity contribution in [1.29, 1.82) is 0 Å². The van der Waals surface area contributed by atoms with Crippen molar-refractivity contribution >= 4 is 44.3 Å². The average Bonchev–Trinajstić information content (AvgIpc) is 3.13. The molecule has 0 saturated heterocycles. The van der Waals surface area contributed by atoms with E-state index in [4.69, 9.17) is 9.15 Å². The second kappa shape index (κ2) is 8.55. The zero-order valence-electron chi connectivity index (χ0n) is 16.1. The van der Waals surface area contributed by atoms with E-state index in [1.54, 1.807) is 54.6 Å². The summed E-state index contributed by atoms with van der Waals surface area (Å²) >= 11 is 3.37. The van der Waals surface area contributed by atoms with Gasteiger partial charge >= 0.3 is 0 Å². The van der Waals surface area contributed by atoms with Crippen LogP contribution in [0.1, 0.15) is 33.4 Å². The lowest BCUT2D eigenvalue weighted by Gasteiger charge is -2.08. The molecule has 4 aromatic rings. The molecule has 1 heterocycles. The molecule has 0 atom stereocenters. The Balaban J connectivity index is 1.70. The minimum atomic E-state index is -0.338. The molecule has 0 radical (unpaired) electrons. The third-order valence-electron chi connectivity index (χ3n) is 4.57. The van der Waals surface area contributed by atoms with Crippen molar-refractivity contribution in [1.82, 2.24) is 0 Å². The lowest BCUT2D eigenvalue weighted by molar-refractivity contribution is 0.101. The normalized spacial score (nSPS) is 10.7. The number of para-hydroxylation sites is 1. The summed E-state index contributed by atoms with van der Waals surface area (Å²) in [5, 5.41) is 3.52. The molecule has 0 aliphatic heterocycles. The number of halogens is 1. The third-order valence-corrected chi connectivity index (χ3v) is 5.10. The van der Waals surface area contributed by atoms with Crippen molar-refractivity contribution < 1.29 is 18.7 Å². The van der Waals surface area contributed by atoms with Gasteiger partial charge in [0.15, 0.2) is 5.76 Å². The van der Waals surface area contributed by atoms with Crippen LogP contribution in [0.4, 0.5) is 5.69 Å². The molecule has 1 amide bonds. The van der Waals surface area contributed by atoms with Crippen LogP contribution >= 0.6 is 15.9 Å². The molecule has 3 aromatic carbocycles. The summed E-state index contributed by atoms with van der Waals surface area (Å²) in [6.45, 7) is 2.45. The first kappa shape index (κ1) is 19.9. The van der Waals surface area contributed by atoms with E-state index in [1.807, 2.05) is 25.1 Å². The van der Waals surface area contributed by atoms with Crippen molar-refractivity contribution in [3.05, 3.63) is 94.2 Å². The SMILES string of the molecule is CCOc1ccc(C(=O)Nc2c(C(=O)c3ccc(Br)cc3)oc3ccccc23)cc1. The second-order valence-corrected chi connectivity index (χ2v) is 7.47. The van der Waals surface area contributed by atoms with Crippen molar-refractivity contribution in [2.24, 2.45) is 0 Å². The third kappa shape index (κ3) is 4.00. The van der Waals surface area contributed by atoms with Crippen molar-refractivity contribution in [3.8, 4) is 5.75 Å². The van der Waals surface area contributed by atoms with Crippen LogP contribution in [0.3, 0.4) is 0 Å². The number of anilines is 1. The standard InChI is InChI=1S/C24H18BrNO4/c1-2-29-18-13-9-16(10-14-18)24(28)26-21-19-5-3-4-6-20(19)30-23(21)22(27)15-7-11-17(25)12-8-15/h3-14H,2H2,1H3,(H,26,28). The number of ether oxygens (including phenoxy) is 1. The van der Waals surface area contributed by atoms with Gasteiger partial charge in [0.1, 0.15) is 11.3 Å². The van der Waals surface area contributed by atoms with Gasteiger partial charge in [0.05, 0.1) is 12.3 Å². The minimum Gasteiger partial charge on any atom is -0.494 e. The first-order valence-electron chi connectivity index (χ1n) is 9.43. The number of nitrogens with one attached hydrogen (secondary N) is 1. The molecule has 0 aliphatic carbocycles. The highest BCUT2D eigenvalue weighted by Gasteiger charge is 2.23. The summed E-state index contributed by atoms with van der Waals surface area (Å²) in [6.07, 6.45) is 0. The number of hydrogen-bond acceptors (Lipinski definition) is 4. The lowest BCUT2D eigenvalue weighted by Crippen LogP contribution is -2.14. The molecule has 0 spiro atoms. The van der Waals surface area contributed by atoms with E-state index >= 15 is 0 Å². The van der Waals surface area contributed by atoms with Crippen LogP contribution in [0, 0.1) is 0 Å². The van der Waals surface area contributed by atoms with Crippen LogP contribution in [0.2, 0.25) is 0 Å². The van der Waals surface area contributed by atoms with Gasteiger partial charge in [-0.1, -0.05) is 28.1 Å². The number of furan rings is 1. The number of fused-ring (bicyclic) bond motifs is 1. The topological polar surface area (TPSA) is 68.5 Å². The Morgan fingerprint density at radius 1 is 0.933 bits per heavy atom. The van der Waals surface area contributed by atoms with Gasteiger partial charge < -0.3 is 14.5 Å². The number of benzene rings is 3. The highest BCUT2D eigenvalue weighted by molar-refractivity contribution is 9.10. The molecule has 1 aromatic heterocycles. The van der Waals surface area contributed by atoms with E-state index in [2.05, 4.69) is 21.2 Å². The predicted octanol–water partition coefficient (Wildman–Crippen LogP) is 6.08. The Kier molecular flexibility index (Phi) is 5.68. The molecule has 1 N–H and O–H groups in total. The van der Waals surface area contributed by atoms with Crippen LogP contribution in [0.15, 0.2) is 81.7 Å². The Hall–Kier alpha value is -3.38. The minimum absolute atomic E-state index is 0.0952. The maximum Gasteiger partial charge on any atom is 0.255 e. The van der Waals surface area contributed by atoms with E-state index in [1.165, 1.54) is 0 Å². The maximum atomic E-state index is 13.1. The zero-order valence-corrected chi connectivity index (χ0v) is 17.7. The molecular formula is C24H18BrNO4. The van der Waals surface area contributed by atoms with E-state index in [0.717, 1.165) is 4.47 Å². The summed E-state index contributed by atoms with van der Waals surface area (Å²) in [7, 11) is 0. The van der Waals surface area contributed by atoms with Gasteiger partial charge in [-0.05, 0) is 67.6 Å². The summed E-state index contributed by atoms with van der Waals surface area (Å²) < 4.78 is 12.1. The molecule has 5 nitrogen and oxygen atoms in total. The lowest BCUT2D eigenvalue weighted by atomic mass is 10.1. The maximum absolute atomic E-state index is 13.1. The van der Waals surface area contributed by atoms with Gasteiger partial charge in [0, 0.05) is 21.0 Å². The molecule has 150 valence electrons. The quantitative estimate of drug-likeness (QED) is 0.352. The Morgan fingerprint density at radius 3 is 2.30 bits per heavy atom. The average molecular weight is 464 g/mol. The van der Waals surface area contributed by atoms with Gasteiger partial charge in [-0.3, -0.25) is 9.59 Å². The number of rotatable bonds is 6. The number of carbonyl (C=O) groups is 2. The largest absolute Gasteiger partial charge is 0.494 e. The number of carbonyl (C=O) groups excluding carboxylic acids is 2. The van der Waals surface area contributed by atoms with Crippen molar-refractivity contribution in [3.63, 3.8) is 0 Å². The summed E-state index contributed by atoms with van der Waals surface area (Å²) in [5.74, 6) is 0.141. The summed E-state index contributed by atoms with van der Waals surface area (Å²) in [5.41, 5.74) is 1.80. The van der Waals surface area contributed by atoms with Crippen LogP contribution in [0.25, 0.3) is 11.0 Å². The molecule has 0 saturated carbocycles. The molecule has 4 rings (SSSR count). The fraction of sp³-hybridized carbons (Fsp3) is 0.0833. The highest BCUT2D eigenvalue weighted by Crippen LogP contribution is 2.33. The molecule has 0 unspecified atom stereocenters. The van der Waals surface area contributed by atoms with E-state index in [-0.39, 0.29) is 17.5 Å². The Labute approximate surface area is 181 Å². The first-order valence-corrected chi connectivity index (χ1v) is 10.2. The van der Waals surface area contributed by atoms with Gasteiger partial charge in [0.25, 0.3) is 5.91 Å². The van der Waals surface area contributed by atoms with Crippen molar-refractivity contribution in [2.75, 3.05) is 11.9 Å². The Morgan fingerprint density at radius 2 is 1.60 bits per heavy atom. The van der Waals surface area contributed by atoms with Crippen molar-refractivity contribution in [2.45, 2.75) is 6.92 Å². The first-order chi connectivity index (χ1) is 14.6. The summed E-state index contributed by atoms with van der Waals surface area (Å²) in [6, 6.07) is 21.0. The van der Waals surface area contributed by atoms with Gasteiger partial charge in [-0.25, -0.2) is 0 Å². The monoisotopic (exact) mass is 463 g/mol. The Bertz CT molecular complexity index is 1210. The molecular weight excluding hydrogens is 446 g/mol. The van der Waals surface area contributed by atoms with Gasteiger partial charge in [-0.15, -0.1) is 0 Å². The molecule has 0 fully saturated rings. The van der Waals surface area contributed by atoms with Gasteiger partial charge in [0.2, 0.25) is 5.78 Å². The second-order valence-electron chi connectivity index (χ2n) is 6.55. The van der Waals surface area contributed by atoms with Crippen LogP contribution in [-0.2, 0) is 0 Å². The van der Waals surface area contributed by atoms with E-state index in [0.29, 0.717) is 40.1 Å². The molecule has 0 aliphatic rings. The fourth-order valence-corrected chi connectivity index (χ4v) is 3.38. The molecule has 0 bridgehead atoms. The smallest absolute Gasteiger partial charge is 0.255 e. The van der Waals surface area contributed by atoms with E-state index < -0.39 is 0 Å². The van der Waals surface area contributed by atoms with E-state index in [9.17, 15) is 9.59 Å². The molecule has 30 heavy (non-hydrogen) atoms. The summed E-state index contributed by atoms with van der Waals surface area (Å²) in [4.78, 5) is 26.0. The zero-order chi connectivity index (χ0) is 21.1. The predicted molar refractivity (Wildman–Crippen MR) is 119 cm³/mol. The van der Waals surface area contributed by atoms with Gasteiger partial charge in [-0.2, -0.15) is 0 Å². The fourth-order valence-electron chi connectivity index (χ4n) is 3.12. The van der Waals surface area contributed by atoms with Crippen LogP contribution in [0.5, 0.6) is 5.75 Å². The number of ketones is 1. The molecule has 6 heteroatoms. The highest BCUT2D eigenvalue weighted by atomic mass is 79.9. The number of amides is 1. The van der Waals surface area contributed by atoms with Crippen LogP contribution < -0.4 is 10.1 Å². The van der Waals surface area contributed by atoms with Crippen LogP contribution in [-0.4, -0.2) is 18.3 Å².